The van der Waals surface area contributed by atoms with Crippen molar-refractivity contribution < 1.29 is 14.0 Å². The number of hydrogen-bond acceptors (Lipinski definition) is 5. The van der Waals surface area contributed by atoms with Gasteiger partial charge in [0.05, 0.1) is 0 Å². The lowest BCUT2D eigenvalue weighted by molar-refractivity contribution is -0.128. The maximum Gasteiger partial charge on any atom is 0.324 e. The SMILES string of the molecule is CCc1nc2cc(N[C@H](C)C(=O)N3CCNC3=O)ccc2o1. The third-order valence-corrected chi connectivity index (χ3v) is 3.61. The molecule has 0 spiro atoms. The van der Waals surface area contributed by atoms with Gasteiger partial charge in [0.25, 0.3) is 5.91 Å². The summed E-state index contributed by atoms with van der Waals surface area (Å²) in [5.74, 6) is 0.439. The Kier molecular flexibility index (Phi) is 3.70. The van der Waals surface area contributed by atoms with E-state index in [1.54, 1.807) is 6.92 Å². The van der Waals surface area contributed by atoms with Gasteiger partial charge in [0.2, 0.25) is 0 Å². The summed E-state index contributed by atoms with van der Waals surface area (Å²) in [7, 11) is 0. The number of anilines is 1. The second kappa shape index (κ2) is 5.67. The Balaban J connectivity index is 1.74. The fourth-order valence-corrected chi connectivity index (χ4v) is 2.44. The van der Waals surface area contributed by atoms with Gasteiger partial charge in [-0.15, -0.1) is 0 Å². The summed E-state index contributed by atoms with van der Waals surface area (Å²) in [6.45, 7) is 4.62. The molecule has 7 nitrogen and oxygen atoms in total. The molecule has 2 N–H and O–H groups in total. The largest absolute Gasteiger partial charge is 0.441 e. The average molecular weight is 302 g/mol. The van der Waals surface area contributed by atoms with Crippen molar-refractivity contribution >= 4 is 28.7 Å². The number of oxazole rings is 1. The van der Waals surface area contributed by atoms with Gasteiger partial charge in [-0.25, -0.2) is 9.78 Å². The van der Waals surface area contributed by atoms with E-state index >= 15 is 0 Å². The maximum atomic E-state index is 12.2. The van der Waals surface area contributed by atoms with Crippen LogP contribution in [0.4, 0.5) is 10.5 Å². The van der Waals surface area contributed by atoms with E-state index in [-0.39, 0.29) is 11.9 Å². The van der Waals surface area contributed by atoms with Crippen LogP contribution in [0.1, 0.15) is 19.7 Å². The number of carbonyl (C=O) groups excluding carboxylic acids is 2. The van der Waals surface area contributed by atoms with E-state index in [4.69, 9.17) is 4.42 Å². The lowest BCUT2D eigenvalue weighted by atomic mass is 10.2. The molecule has 0 unspecified atom stereocenters. The molecule has 0 aliphatic carbocycles. The Bertz CT molecular complexity index is 725. The fraction of sp³-hybridized carbons (Fsp3) is 0.400. The van der Waals surface area contributed by atoms with Gasteiger partial charge in [-0.2, -0.15) is 0 Å². The number of fused-ring (bicyclic) bond motifs is 1. The predicted octanol–water partition coefficient (Wildman–Crippen LogP) is 1.74. The van der Waals surface area contributed by atoms with E-state index in [2.05, 4.69) is 15.6 Å². The summed E-state index contributed by atoms with van der Waals surface area (Å²) in [4.78, 5) is 29.4. The normalized spacial score (nSPS) is 15.9. The van der Waals surface area contributed by atoms with Crippen molar-refractivity contribution in [1.82, 2.24) is 15.2 Å². The quantitative estimate of drug-likeness (QED) is 0.898. The van der Waals surface area contributed by atoms with Crippen LogP contribution < -0.4 is 10.6 Å². The summed E-state index contributed by atoms with van der Waals surface area (Å²) >= 11 is 0. The highest BCUT2D eigenvalue weighted by Gasteiger charge is 2.29. The van der Waals surface area contributed by atoms with Gasteiger partial charge in [-0.05, 0) is 25.1 Å². The number of aryl methyl sites for hydroxylation is 1. The van der Waals surface area contributed by atoms with Gasteiger partial charge >= 0.3 is 6.03 Å². The first-order chi connectivity index (χ1) is 10.6. The third kappa shape index (κ3) is 2.61. The van der Waals surface area contributed by atoms with Crippen LogP contribution in [0.2, 0.25) is 0 Å². The highest BCUT2D eigenvalue weighted by Crippen LogP contribution is 2.21. The second-order valence-electron chi connectivity index (χ2n) is 5.23. The van der Waals surface area contributed by atoms with Crippen molar-refractivity contribution in [3.05, 3.63) is 24.1 Å². The molecule has 0 bridgehead atoms. The van der Waals surface area contributed by atoms with Crippen LogP contribution in [0.5, 0.6) is 0 Å². The molecule has 0 radical (unpaired) electrons. The number of rotatable bonds is 4. The highest BCUT2D eigenvalue weighted by atomic mass is 16.3. The number of benzene rings is 1. The summed E-state index contributed by atoms with van der Waals surface area (Å²) in [6.07, 6.45) is 0.733. The standard InChI is InChI=1S/C15H18N4O3/c1-3-13-18-11-8-10(4-5-12(11)22-13)17-9(2)14(20)19-7-6-16-15(19)21/h4-5,8-9,17H,3,6-7H2,1-2H3,(H,16,21)/t9-/m1/s1. The summed E-state index contributed by atoms with van der Waals surface area (Å²) in [5, 5.41) is 5.72. The maximum absolute atomic E-state index is 12.2. The molecule has 116 valence electrons. The van der Waals surface area contributed by atoms with Gasteiger partial charge in [0.15, 0.2) is 11.5 Å². The first-order valence-corrected chi connectivity index (χ1v) is 7.33. The number of amides is 3. The van der Waals surface area contributed by atoms with E-state index in [0.29, 0.717) is 19.0 Å². The third-order valence-electron chi connectivity index (χ3n) is 3.61. The molecular formula is C15H18N4O3. The molecule has 1 aliphatic heterocycles. The molecule has 2 heterocycles. The summed E-state index contributed by atoms with van der Waals surface area (Å²) in [6, 6.07) is 4.66. The van der Waals surface area contributed by atoms with Gasteiger partial charge in [0.1, 0.15) is 11.6 Å². The molecule has 1 aromatic carbocycles. The lowest BCUT2D eigenvalue weighted by Crippen LogP contribution is -2.43. The Morgan fingerprint density at radius 2 is 2.36 bits per heavy atom. The van der Waals surface area contributed by atoms with Gasteiger partial charge in [-0.3, -0.25) is 9.69 Å². The molecule has 1 aliphatic rings. The molecular weight excluding hydrogens is 284 g/mol. The molecule has 1 aromatic heterocycles. The number of imide groups is 1. The van der Waals surface area contributed by atoms with Crippen LogP contribution in [0.3, 0.4) is 0 Å². The zero-order valence-corrected chi connectivity index (χ0v) is 12.5. The summed E-state index contributed by atoms with van der Waals surface area (Å²) < 4.78 is 5.55. The fourth-order valence-electron chi connectivity index (χ4n) is 2.44. The predicted molar refractivity (Wildman–Crippen MR) is 81.6 cm³/mol. The molecule has 2 aromatic rings. The number of aromatic nitrogens is 1. The number of urea groups is 1. The van der Waals surface area contributed by atoms with E-state index in [9.17, 15) is 9.59 Å². The minimum Gasteiger partial charge on any atom is -0.441 e. The molecule has 3 rings (SSSR count). The van der Waals surface area contributed by atoms with Gasteiger partial charge < -0.3 is 15.1 Å². The van der Waals surface area contributed by atoms with Crippen LogP contribution in [0, 0.1) is 0 Å². The first kappa shape index (κ1) is 14.4. The lowest BCUT2D eigenvalue weighted by Gasteiger charge is -2.19. The number of hydrogen-bond donors (Lipinski definition) is 2. The smallest absolute Gasteiger partial charge is 0.324 e. The van der Waals surface area contributed by atoms with Crippen molar-refractivity contribution in [2.24, 2.45) is 0 Å². The zero-order chi connectivity index (χ0) is 15.7. The van der Waals surface area contributed by atoms with Crippen LogP contribution in [-0.4, -0.2) is 41.0 Å². The van der Waals surface area contributed by atoms with Gasteiger partial charge in [0, 0.05) is 25.2 Å². The molecule has 0 saturated carbocycles. The molecule has 1 saturated heterocycles. The van der Waals surface area contributed by atoms with E-state index in [1.807, 2.05) is 25.1 Å². The molecule has 7 heteroatoms. The van der Waals surface area contributed by atoms with Crippen LogP contribution in [0.25, 0.3) is 11.1 Å². The monoisotopic (exact) mass is 302 g/mol. The van der Waals surface area contributed by atoms with E-state index in [1.165, 1.54) is 4.90 Å². The molecule has 3 amide bonds. The molecule has 1 atom stereocenters. The topological polar surface area (TPSA) is 87.5 Å². The van der Waals surface area contributed by atoms with Crippen molar-refractivity contribution in [3.63, 3.8) is 0 Å². The average Bonchev–Trinajstić information content (AvgIpc) is 3.11. The number of nitrogens with zero attached hydrogens (tertiary/aromatic N) is 2. The van der Waals surface area contributed by atoms with E-state index < -0.39 is 6.04 Å². The highest BCUT2D eigenvalue weighted by molar-refractivity contribution is 5.99. The Hall–Kier alpha value is -2.57. The van der Waals surface area contributed by atoms with Crippen molar-refractivity contribution in [3.8, 4) is 0 Å². The van der Waals surface area contributed by atoms with Crippen molar-refractivity contribution in [1.29, 1.82) is 0 Å². The minimum absolute atomic E-state index is 0.246. The Morgan fingerprint density at radius 1 is 1.55 bits per heavy atom. The van der Waals surface area contributed by atoms with E-state index in [0.717, 1.165) is 23.2 Å². The molecule has 1 fully saturated rings. The van der Waals surface area contributed by atoms with Crippen LogP contribution in [-0.2, 0) is 11.2 Å². The van der Waals surface area contributed by atoms with Crippen molar-refractivity contribution in [2.45, 2.75) is 26.3 Å². The molecule has 22 heavy (non-hydrogen) atoms. The van der Waals surface area contributed by atoms with Gasteiger partial charge in [-0.1, -0.05) is 6.92 Å². The Morgan fingerprint density at radius 3 is 3.05 bits per heavy atom. The van der Waals surface area contributed by atoms with Crippen LogP contribution in [0.15, 0.2) is 22.6 Å². The summed E-state index contributed by atoms with van der Waals surface area (Å²) in [5.41, 5.74) is 2.24. The minimum atomic E-state index is -0.501. The number of nitrogens with one attached hydrogen (secondary N) is 2. The second-order valence-corrected chi connectivity index (χ2v) is 5.23. The van der Waals surface area contributed by atoms with Crippen LogP contribution >= 0.6 is 0 Å². The van der Waals surface area contributed by atoms with Crippen molar-refractivity contribution in [2.75, 3.05) is 18.4 Å². The first-order valence-electron chi connectivity index (χ1n) is 7.33. The Labute approximate surface area is 127 Å². The zero-order valence-electron chi connectivity index (χ0n) is 12.5. The number of carbonyl (C=O) groups is 2.